The average molecular weight is 424 g/mol. The summed E-state index contributed by atoms with van der Waals surface area (Å²) >= 11 is 0. The molecule has 0 spiro atoms. The first-order valence-electron chi connectivity index (χ1n) is 10.5. The van der Waals surface area contributed by atoms with Crippen LogP contribution in [0.1, 0.15) is 27.2 Å². The predicted octanol–water partition coefficient (Wildman–Crippen LogP) is 3.98. The van der Waals surface area contributed by atoms with Gasteiger partial charge in [-0.2, -0.15) is 0 Å². The average Bonchev–Trinajstić information content (AvgIpc) is 3.34. The van der Waals surface area contributed by atoms with E-state index in [-0.39, 0.29) is 6.10 Å². The molecule has 1 aromatic carbocycles. The highest BCUT2D eigenvalue weighted by Crippen LogP contribution is 2.34. The molecular formula is C23H29N5O3. The minimum absolute atomic E-state index is 0.102. The van der Waals surface area contributed by atoms with E-state index in [1.54, 1.807) is 19.5 Å². The Morgan fingerprint density at radius 1 is 1.39 bits per heavy atom. The van der Waals surface area contributed by atoms with Crippen LogP contribution in [0.5, 0.6) is 5.75 Å². The predicted molar refractivity (Wildman–Crippen MR) is 120 cm³/mol. The topological polar surface area (TPSA) is 92.4 Å². The number of fused-ring (bicyclic) bond motifs is 1. The standard InChI is InChI=1S/C23H29N5O3/c1-15(30-4)11-26-22(29)31-19-13-25-21-20(19)27-18(12-24-21)16-6-5-7-17(10-16)28-9-8-23(2,3)14-28/h5-7,10,12-13,15H,8-9,11,14H2,1-4H3,(H,24,25)(H,26,29). The van der Waals surface area contributed by atoms with Crippen molar-refractivity contribution < 1.29 is 14.3 Å². The summed E-state index contributed by atoms with van der Waals surface area (Å²) in [5, 5.41) is 2.67. The summed E-state index contributed by atoms with van der Waals surface area (Å²) in [6, 6.07) is 8.34. The Morgan fingerprint density at radius 3 is 2.97 bits per heavy atom. The molecule has 1 amide bonds. The van der Waals surface area contributed by atoms with Crippen molar-refractivity contribution in [2.45, 2.75) is 33.3 Å². The zero-order valence-corrected chi connectivity index (χ0v) is 18.4. The van der Waals surface area contributed by atoms with Gasteiger partial charge < -0.3 is 24.7 Å². The van der Waals surface area contributed by atoms with E-state index in [0.717, 1.165) is 24.3 Å². The maximum atomic E-state index is 12.1. The monoisotopic (exact) mass is 423 g/mol. The molecule has 1 aliphatic rings. The van der Waals surface area contributed by atoms with E-state index >= 15 is 0 Å². The largest absolute Gasteiger partial charge is 0.412 e. The van der Waals surface area contributed by atoms with Crippen LogP contribution >= 0.6 is 0 Å². The van der Waals surface area contributed by atoms with Gasteiger partial charge in [-0.3, -0.25) is 0 Å². The van der Waals surface area contributed by atoms with Gasteiger partial charge in [0.15, 0.2) is 16.9 Å². The van der Waals surface area contributed by atoms with E-state index in [4.69, 9.17) is 14.5 Å². The molecule has 3 aromatic rings. The second kappa shape index (κ2) is 8.55. The molecule has 8 heteroatoms. The maximum absolute atomic E-state index is 12.1. The second-order valence-electron chi connectivity index (χ2n) is 8.81. The highest BCUT2D eigenvalue weighted by atomic mass is 16.6. The minimum Gasteiger partial charge on any atom is -0.406 e. The van der Waals surface area contributed by atoms with Crippen molar-refractivity contribution in [3.8, 4) is 17.0 Å². The molecule has 1 unspecified atom stereocenters. The Kier molecular flexibility index (Phi) is 5.82. The lowest BCUT2D eigenvalue weighted by Crippen LogP contribution is -2.33. The van der Waals surface area contributed by atoms with Crippen LogP contribution in [0.4, 0.5) is 10.5 Å². The number of anilines is 1. The summed E-state index contributed by atoms with van der Waals surface area (Å²) in [5.74, 6) is 0.337. The maximum Gasteiger partial charge on any atom is 0.412 e. The minimum atomic E-state index is -0.560. The molecule has 2 N–H and O–H groups in total. The molecule has 3 heterocycles. The van der Waals surface area contributed by atoms with Crippen molar-refractivity contribution in [3.05, 3.63) is 36.7 Å². The lowest BCUT2D eigenvalue weighted by atomic mass is 9.93. The van der Waals surface area contributed by atoms with Crippen molar-refractivity contribution in [1.29, 1.82) is 0 Å². The van der Waals surface area contributed by atoms with Crippen molar-refractivity contribution in [2.75, 3.05) is 31.6 Å². The van der Waals surface area contributed by atoms with Crippen molar-refractivity contribution >= 4 is 22.9 Å². The van der Waals surface area contributed by atoms with Crippen LogP contribution in [0, 0.1) is 5.41 Å². The molecule has 1 atom stereocenters. The second-order valence-corrected chi connectivity index (χ2v) is 8.81. The zero-order valence-electron chi connectivity index (χ0n) is 18.4. The molecule has 1 fully saturated rings. The highest BCUT2D eigenvalue weighted by Gasteiger charge is 2.29. The molecule has 2 aromatic heterocycles. The number of carbonyl (C=O) groups is 1. The first kappa shape index (κ1) is 21.1. The SMILES string of the molecule is COC(C)CNC(=O)Oc1c[nH]c2ncc(-c3cccc(N4CCC(C)(C)C4)c3)nc12. The number of rotatable bonds is 6. The Labute approximate surface area is 182 Å². The number of ether oxygens (including phenoxy) is 2. The number of benzene rings is 1. The Bertz CT molecular complexity index is 1080. The van der Waals surface area contributed by atoms with Gasteiger partial charge in [-0.1, -0.05) is 26.0 Å². The number of hydrogen-bond donors (Lipinski definition) is 2. The van der Waals surface area contributed by atoms with Gasteiger partial charge in [0.25, 0.3) is 0 Å². The van der Waals surface area contributed by atoms with Crippen LogP contribution in [0.15, 0.2) is 36.7 Å². The van der Waals surface area contributed by atoms with Crippen LogP contribution < -0.4 is 15.0 Å². The van der Waals surface area contributed by atoms with Gasteiger partial charge in [-0.05, 0) is 30.9 Å². The zero-order chi connectivity index (χ0) is 22.0. The smallest absolute Gasteiger partial charge is 0.406 e. The number of nitrogens with zero attached hydrogens (tertiary/aromatic N) is 3. The van der Waals surface area contributed by atoms with Gasteiger partial charge in [-0.25, -0.2) is 14.8 Å². The third kappa shape index (κ3) is 4.80. The highest BCUT2D eigenvalue weighted by molar-refractivity contribution is 5.84. The summed E-state index contributed by atoms with van der Waals surface area (Å²) in [6.07, 6.45) is 3.84. The first-order valence-corrected chi connectivity index (χ1v) is 10.5. The summed E-state index contributed by atoms with van der Waals surface area (Å²) in [6.45, 7) is 8.91. The molecule has 8 nitrogen and oxygen atoms in total. The number of aromatic amines is 1. The van der Waals surface area contributed by atoms with Gasteiger partial charge >= 0.3 is 6.09 Å². The molecule has 164 valence electrons. The lowest BCUT2D eigenvalue weighted by molar-refractivity contribution is 0.115. The normalized spacial score (nSPS) is 16.5. The summed E-state index contributed by atoms with van der Waals surface area (Å²) < 4.78 is 10.6. The van der Waals surface area contributed by atoms with Crippen LogP contribution in [-0.4, -0.2) is 53.9 Å². The summed E-state index contributed by atoms with van der Waals surface area (Å²) in [5.41, 5.74) is 4.29. The van der Waals surface area contributed by atoms with Crippen LogP contribution in [0.25, 0.3) is 22.4 Å². The van der Waals surface area contributed by atoms with Gasteiger partial charge in [-0.15, -0.1) is 0 Å². The lowest BCUT2D eigenvalue weighted by Gasteiger charge is -2.22. The fourth-order valence-electron chi connectivity index (χ4n) is 3.73. The molecule has 4 rings (SSSR count). The van der Waals surface area contributed by atoms with Crippen molar-refractivity contribution in [1.82, 2.24) is 20.3 Å². The first-order chi connectivity index (χ1) is 14.8. The Morgan fingerprint density at radius 2 is 2.23 bits per heavy atom. The third-order valence-electron chi connectivity index (χ3n) is 5.67. The fourth-order valence-corrected chi connectivity index (χ4v) is 3.73. The molecule has 1 saturated heterocycles. The van der Waals surface area contributed by atoms with Gasteiger partial charge in [0.05, 0.1) is 18.0 Å². The summed E-state index contributed by atoms with van der Waals surface area (Å²) in [4.78, 5) is 26.7. The quantitative estimate of drug-likeness (QED) is 0.623. The van der Waals surface area contributed by atoms with Crippen molar-refractivity contribution in [3.63, 3.8) is 0 Å². The number of aromatic nitrogens is 3. The molecule has 0 aliphatic carbocycles. The van der Waals surface area contributed by atoms with Gasteiger partial charge in [0, 0.05) is 44.2 Å². The van der Waals surface area contributed by atoms with E-state index in [9.17, 15) is 4.79 Å². The van der Waals surface area contributed by atoms with E-state index in [1.807, 2.05) is 19.1 Å². The Hall–Kier alpha value is -3.13. The number of nitrogens with one attached hydrogen (secondary N) is 2. The van der Waals surface area contributed by atoms with E-state index in [1.165, 1.54) is 12.1 Å². The third-order valence-corrected chi connectivity index (χ3v) is 5.67. The van der Waals surface area contributed by atoms with E-state index in [2.05, 4.69) is 46.2 Å². The number of carbonyl (C=O) groups excluding carboxylic acids is 1. The summed E-state index contributed by atoms with van der Waals surface area (Å²) in [7, 11) is 1.59. The fraction of sp³-hybridized carbons (Fsp3) is 0.435. The number of amides is 1. The van der Waals surface area contributed by atoms with Crippen LogP contribution in [0.3, 0.4) is 0 Å². The molecule has 31 heavy (non-hydrogen) atoms. The van der Waals surface area contributed by atoms with Crippen LogP contribution in [0.2, 0.25) is 0 Å². The molecule has 0 bridgehead atoms. The number of methoxy groups -OCH3 is 1. The number of H-pyrrole nitrogens is 1. The number of hydrogen-bond acceptors (Lipinski definition) is 6. The molecule has 0 radical (unpaired) electrons. The Balaban J connectivity index is 1.55. The molecular weight excluding hydrogens is 394 g/mol. The van der Waals surface area contributed by atoms with Crippen molar-refractivity contribution in [2.24, 2.45) is 5.41 Å². The van der Waals surface area contributed by atoms with Gasteiger partial charge in [0.2, 0.25) is 0 Å². The van der Waals surface area contributed by atoms with E-state index in [0.29, 0.717) is 28.9 Å². The van der Waals surface area contributed by atoms with Crippen LogP contribution in [-0.2, 0) is 4.74 Å². The van der Waals surface area contributed by atoms with Gasteiger partial charge in [0.1, 0.15) is 0 Å². The molecule has 0 saturated carbocycles. The molecule has 1 aliphatic heterocycles. The van der Waals surface area contributed by atoms with E-state index < -0.39 is 6.09 Å².